The molecule has 0 saturated carbocycles. The number of benzene rings is 2. The van der Waals surface area contributed by atoms with Crippen molar-refractivity contribution < 1.29 is 0 Å². The molecule has 0 saturated heterocycles. The monoisotopic (exact) mass is 390 g/mol. The van der Waals surface area contributed by atoms with E-state index >= 15 is 0 Å². The number of hydrogen-bond acceptors (Lipinski definition) is 2. The van der Waals surface area contributed by atoms with E-state index < -0.39 is 8.80 Å². The lowest BCUT2D eigenvalue weighted by molar-refractivity contribution is 0.727. The van der Waals surface area contributed by atoms with Gasteiger partial charge in [0.15, 0.2) is 0 Å². The fourth-order valence-electron chi connectivity index (χ4n) is 1.70. The van der Waals surface area contributed by atoms with Crippen LogP contribution in [0.3, 0.4) is 0 Å². The summed E-state index contributed by atoms with van der Waals surface area (Å²) in [4.78, 5) is 0. The van der Waals surface area contributed by atoms with Gasteiger partial charge in [-0.15, -0.1) is 0 Å². The van der Waals surface area contributed by atoms with Crippen LogP contribution in [0.15, 0.2) is 60.7 Å². The van der Waals surface area contributed by atoms with Gasteiger partial charge in [0.2, 0.25) is 0 Å². The van der Waals surface area contributed by atoms with Crippen LogP contribution in [0.25, 0.3) is 0 Å². The van der Waals surface area contributed by atoms with Crippen LogP contribution in [0.5, 0.6) is 0 Å². The van der Waals surface area contributed by atoms with Gasteiger partial charge in [-0.1, -0.05) is 106 Å². The summed E-state index contributed by atoms with van der Waals surface area (Å²) in [5.41, 5.74) is 1.35. The predicted molar refractivity (Wildman–Crippen MR) is 129 cm³/mol. The van der Waals surface area contributed by atoms with E-state index in [9.17, 15) is 0 Å². The van der Waals surface area contributed by atoms with Crippen molar-refractivity contribution in [1.82, 2.24) is 10.6 Å². The van der Waals surface area contributed by atoms with Crippen molar-refractivity contribution in [1.29, 1.82) is 0 Å². The van der Waals surface area contributed by atoms with Gasteiger partial charge in [-0.2, -0.15) is 0 Å². The molecule has 0 unspecified atom stereocenters. The first-order valence-corrected chi connectivity index (χ1v) is 16.1. The van der Waals surface area contributed by atoms with Crippen LogP contribution >= 0.6 is 0 Å². The minimum absolute atomic E-state index is 0.139. The second kappa shape index (κ2) is 20.1. The van der Waals surface area contributed by atoms with Crippen molar-refractivity contribution in [2.45, 2.75) is 46.2 Å². The molecular weight excluding hydrogens is 348 g/mol. The van der Waals surface area contributed by atoms with Crippen molar-refractivity contribution in [3.05, 3.63) is 66.2 Å². The third kappa shape index (κ3) is 20.8. The molecule has 2 aromatic carbocycles. The number of hydrogen-bond donors (Lipinski definition) is 2. The van der Waals surface area contributed by atoms with Crippen molar-refractivity contribution in [2.24, 2.45) is 0 Å². The van der Waals surface area contributed by atoms with Crippen LogP contribution in [0.2, 0.25) is 32.7 Å². The Morgan fingerprint density at radius 2 is 1.12 bits per heavy atom. The zero-order valence-corrected chi connectivity index (χ0v) is 20.7. The average Bonchev–Trinajstić information content (AvgIpc) is 2.62. The van der Waals surface area contributed by atoms with E-state index in [1.165, 1.54) is 5.56 Å². The van der Waals surface area contributed by atoms with Crippen LogP contribution in [0.4, 0.5) is 0 Å². The lowest BCUT2D eigenvalue weighted by Crippen LogP contribution is -2.21. The Hall–Kier alpha value is -1.21. The summed E-state index contributed by atoms with van der Waals surface area (Å²) in [6.45, 7) is 15.7. The van der Waals surface area contributed by atoms with Gasteiger partial charge in [0.1, 0.15) is 0 Å². The second-order valence-electron chi connectivity index (χ2n) is 7.06. The molecule has 0 aliphatic carbocycles. The fourth-order valence-corrected chi connectivity index (χ4v) is 2.70. The summed E-state index contributed by atoms with van der Waals surface area (Å²) in [5, 5.41) is 7.57. The molecule has 0 radical (unpaired) electrons. The number of rotatable bonds is 4. The molecule has 0 atom stereocenters. The smallest absolute Gasteiger partial charge is 0.0647 e. The highest BCUT2D eigenvalue weighted by Crippen LogP contribution is 1.96. The quantitative estimate of drug-likeness (QED) is 0.768. The molecule has 2 nitrogen and oxygen atoms in total. The molecule has 148 valence electrons. The van der Waals surface area contributed by atoms with Gasteiger partial charge in [-0.3, -0.25) is 0 Å². The van der Waals surface area contributed by atoms with Crippen LogP contribution in [0.1, 0.15) is 12.5 Å². The second-order valence-corrected chi connectivity index (χ2v) is 13.5. The molecule has 0 spiro atoms. The first kappa shape index (κ1) is 27.0. The Balaban J connectivity index is 0. The normalized spacial score (nSPS) is 9.31. The highest BCUT2D eigenvalue weighted by Gasteiger charge is 1.95. The molecule has 0 heterocycles. The zero-order valence-electron chi connectivity index (χ0n) is 18.3. The molecule has 4 heteroatoms. The fraction of sp³-hybridized carbons (Fsp3) is 0.455. The third-order valence-corrected chi connectivity index (χ3v) is 4.61. The van der Waals surface area contributed by atoms with E-state index in [1.807, 2.05) is 20.2 Å². The summed E-state index contributed by atoms with van der Waals surface area (Å²) < 4.78 is 0. The maximum Gasteiger partial charge on any atom is 0.0647 e. The van der Waals surface area contributed by atoms with Gasteiger partial charge in [-0.25, -0.2) is 0 Å². The van der Waals surface area contributed by atoms with Crippen molar-refractivity contribution >= 4 is 22.8 Å². The highest BCUT2D eigenvalue weighted by atomic mass is 28.3. The minimum atomic E-state index is -0.529. The Kier molecular flexibility index (Phi) is 20.9. The molecule has 0 aromatic heterocycles. The highest BCUT2D eigenvalue weighted by molar-refractivity contribution is 6.70. The Morgan fingerprint density at radius 3 is 1.42 bits per heavy atom. The van der Waals surface area contributed by atoms with E-state index in [1.54, 1.807) is 5.19 Å². The maximum absolute atomic E-state index is 3.26. The van der Waals surface area contributed by atoms with E-state index in [0.717, 1.165) is 13.1 Å². The lowest BCUT2D eigenvalue weighted by atomic mass is 10.2. The van der Waals surface area contributed by atoms with E-state index in [-0.39, 0.29) is 8.80 Å². The summed E-state index contributed by atoms with van der Waals surface area (Å²) in [7, 11) is 3.08. The molecule has 26 heavy (non-hydrogen) atoms. The third-order valence-electron chi connectivity index (χ3n) is 2.89. The molecule has 0 amide bonds. The molecule has 2 N–H and O–H groups in total. The summed E-state index contributed by atoms with van der Waals surface area (Å²) >= 11 is 0. The zero-order chi connectivity index (χ0) is 20.2. The molecule has 0 aliphatic heterocycles. The van der Waals surface area contributed by atoms with Crippen molar-refractivity contribution in [3.63, 3.8) is 0 Å². The van der Waals surface area contributed by atoms with E-state index in [0.29, 0.717) is 0 Å². The first-order chi connectivity index (χ1) is 12.4. The van der Waals surface area contributed by atoms with Gasteiger partial charge in [-0.05, 0) is 26.2 Å². The van der Waals surface area contributed by atoms with Crippen LogP contribution in [0, 0.1) is 0 Å². The summed E-state index contributed by atoms with van der Waals surface area (Å²) in [6.07, 6.45) is 0. The van der Waals surface area contributed by atoms with E-state index in [2.05, 4.69) is 105 Å². The Bertz CT molecular complexity index is 485. The standard InChI is InChI=1S/C9H13N.C8H12Si.C3H10Si.C2H7N/c1-2-10-8-9-6-4-3-5-7-9;1-9(2)8-6-4-3-5-7-8;1-4(2)3;1-3-2/h3-7,10H,2,8H2,1H3;3-7,9H,1-2H3;4H,1-3H3;3H,1-2H3. The Morgan fingerprint density at radius 1 is 0.731 bits per heavy atom. The molecule has 2 rings (SSSR count). The molecule has 0 aliphatic rings. The average molecular weight is 391 g/mol. The maximum atomic E-state index is 3.26. The van der Waals surface area contributed by atoms with E-state index in [4.69, 9.17) is 0 Å². The van der Waals surface area contributed by atoms with Crippen LogP contribution in [-0.4, -0.2) is 38.2 Å². The molecule has 0 fully saturated rings. The largest absolute Gasteiger partial charge is 0.323 e. The Labute approximate surface area is 166 Å². The summed E-state index contributed by atoms with van der Waals surface area (Å²) in [5.74, 6) is 0. The van der Waals surface area contributed by atoms with Crippen LogP contribution < -0.4 is 15.8 Å². The van der Waals surface area contributed by atoms with Gasteiger partial charge < -0.3 is 10.6 Å². The lowest BCUT2D eigenvalue weighted by Gasteiger charge is -1.99. The van der Waals surface area contributed by atoms with Gasteiger partial charge in [0.25, 0.3) is 0 Å². The van der Waals surface area contributed by atoms with Gasteiger partial charge in [0, 0.05) is 15.3 Å². The van der Waals surface area contributed by atoms with Gasteiger partial charge in [0.05, 0.1) is 8.80 Å². The number of nitrogens with one attached hydrogen (secondary N) is 2. The molecular formula is C22H42N2Si2. The van der Waals surface area contributed by atoms with Crippen molar-refractivity contribution in [2.75, 3.05) is 20.6 Å². The molecule has 2 aromatic rings. The van der Waals surface area contributed by atoms with Crippen molar-refractivity contribution in [3.8, 4) is 0 Å². The predicted octanol–water partition coefficient (Wildman–Crippen LogP) is 4.11. The first-order valence-electron chi connectivity index (χ1n) is 9.76. The SMILES string of the molecule is CCNCc1ccccc1.CNC.C[SiH](C)C.C[SiH](C)c1ccccc1. The topological polar surface area (TPSA) is 24.1 Å². The van der Waals surface area contributed by atoms with Crippen LogP contribution in [-0.2, 0) is 6.54 Å². The molecule has 0 bridgehead atoms. The van der Waals surface area contributed by atoms with Gasteiger partial charge >= 0.3 is 0 Å². The minimum Gasteiger partial charge on any atom is -0.323 e. The summed E-state index contributed by atoms with van der Waals surface area (Å²) in [6, 6.07) is 21.2.